The van der Waals surface area contributed by atoms with Crippen LogP contribution in [0.2, 0.25) is 5.02 Å². The van der Waals surface area contributed by atoms with Crippen LogP contribution in [0.15, 0.2) is 121 Å². The number of thiocarbonyl (C=S) groups is 1. The Morgan fingerprint density at radius 1 is 0.867 bits per heavy atom. The highest BCUT2D eigenvalue weighted by Crippen LogP contribution is 2.38. The van der Waals surface area contributed by atoms with Crippen molar-refractivity contribution in [2.45, 2.75) is 6.92 Å². The molecule has 0 aliphatic carbocycles. The van der Waals surface area contributed by atoms with E-state index in [1.807, 2.05) is 83.4 Å². The van der Waals surface area contributed by atoms with Gasteiger partial charge in [-0.3, -0.25) is 19.8 Å². The van der Waals surface area contributed by atoms with Gasteiger partial charge < -0.3 is 9.30 Å². The van der Waals surface area contributed by atoms with E-state index in [0.717, 1.165) is 28.2 Å². The third-order valence-corrected chi connectivity index (χ3v) is 7.88. The predicted octanol–water partition coefficient (Wildman–Crippen LogP) is 7.47. The second kappa shape index (κ2) is 12.7. The molecule has 5 aromatic rings. The summed E-state index contributed by atoms with van der Waals surface area (Å²) in [6.45, 7) is 2.04. The molecule has 7 nitrogen and oxygen atoms in total. The monoisotopic (exact) mass is 631 g/mol. The quantitative estimate of drug-likeness (QED) is 0.0872. The number of carbonyl (C=O) groups excluding carboxylic acids is 3. The van der Waals surface area contributed by atoms with E-state index in [9.17, 15) is 14.4 Å². The standard InChI is InChI=1S/C36H26ClN3O4S/c1-2-44-35(43)25-17-19-27(20-18-25)39-31(23-11-5-3-6-12-23)22-26(32(39)24-13-7-4-8-14-24)21-28-33(41)38-36(45)40(34(28)42)30-16-10-9-15-29(30)37/h3-22H,2H2,1H3,(H,38,41,45)/b28-21-. The highest BCUT2D eigenvalue weighted by atomic mass is 35.5. The molecule has 1 aliphatic rings. The van der Waals surface area contributed by atoms with Crippen LogP contribution in [0.3, 0.4) is 0 Å². The van der Waals surface area contributed by atoms with Gasteiger partial charge in [-0.2, -0.15) is 0 Å². The summed E-state index contributed by atoms with van der Waals surface area (Å²) in [6.07, 6.45) is 1.58. The van der Waals surface area contributed by atoms with E-state index in [-0.39, 0.29) is 17.3 Å². The van der Waals surface area contributed by atoms with E-state index in [1.54, 1.807) is 49.4 Å². The molecule has 0 radical (unpaired) electrons. The average molecular weight is 632 g/mol. The van der Waals surface area contributed by atoms with Gasteiger partial charge in [-0.05, 0) is 78.8 Å². The summed E-state index contributed by atoms with van der Waals surface area (Å²) < 4.78 is 7.23. The Morgan fingerprint density at radius 2 is 1.49 bits per heavy atom. The van der Waals surface area contributed by atoms with Crippen molar-refractivity contribution in [2.75, 3.05) is 11.5 Å². The van der Waals surface area contributed by atoms with Crippen molar-refractivity contribution in [1.82, 2.24) is 9.88 Å². The molecule has 0 unspecified atom stereocenters. The Morgan fingerprint density at radius 3 is 2.13 bits per heavy atom. The fourth-order valence-electron chi connectivity index (χ4n) is 5.25. The molecule has 9 heteroatoms. The average Bonchev–Trinajstić information content (AvgIpc) is 3.44. The van der Waals surface area contributed by atoms with Crippen LogP contribution in [0.1, 0.15) is 22.8 Å². The van der Waals surface area contributed by atoms with Gasteiger partial charge in [-0.15, -0.1) is 0 Å². The molecule has 1 fully saturated rings. The molecule has 0 saturated carbocycles. The Kier molecular flexibility index (Phi) is 8.42. The number of nitrogens with zero attached hydrogens (tertiary/aromatic N) is 2. The lowest BCUT2D eigenvalue weighted by Gasteiger charge is -2.29. The normalized spacial score (nSPS) is 14.0. The van der Waals surface area contributed by atoms with Gasteiger partial charge in [0.25, 0.3) is 11.8 Å². The highest BCUT2D eigenvalue weighted by Gasteiger charge is 2.36. The summed E-state index contributed by atoms with van der Waals surface area (Å²) >= 11 is 11.8. The number of rotatable bonds is 7. The maximum atomic E-state index is 13.9. The van der Waals surface area contributed by atoms with Crippen LogP contribution in [-0.4, -0.2) is 34.1 Å². The van der Waals surface area contributed by atoms with Gasteiger partial charge in [0, 0.05) is 11.3 Å². The number of amides is 2. The largest absolute Gasteiger partial charge is 0.462 e. The highest BCUT2D eigenvalue weighted by molar-refractivity contribution is 7.80. The molecule has 1 aromatic heterocycles. The molecule has 0 spiro atoms. The molecule has 2 amide bonds. The number of aromatic nitrogens is 1. The van der Waals surface area contributed by atoms with Crippen molar-refractivity contribution in [2.24, 2.45) is 0 Å². The van der Waals surface area contributed by atoms with Crippen molar-refractivity contribution < 1.29 is 19.1 Å². The van der Waals surface area contributed by atoms with Gasteiger partial charge in [0.15, 0.2) is 5.11 Å². The summed E-state index contributed by atoms with van der Waals surface area (Å²) in [7, 11) is 0. The van der Waals surface area contributed by atoms with Crippen LogP contribution in [0.5, 0.6) is 0 Å². The van der Waals surface area contributed by atoms with E-state index in [2.05, 4.69) is 5.32 Å². The summed E-state index contributed by atoms with van der Waals surface area (Å²) in [5, 5.41) is 2.91. The molecule has 0 bridgehead atoms. The summed E-state index contributed by atoms with van der Waals surface area (Å²) in [6, 6.07) is 35.4. The molecule has 1 saturated heterocycles. The summed E-state index contributed by atoms with van der Waals surface area (Å²) in [5.74, 6) is -1.61. The second-order valence-corrected chi connectivity index (χ2v) is 10.9. The van der Waals surface area contributed by atoms with E-state index >= 15 is 0 Å². The maximum Gasteiger partial charge on any atom is 0.338 e. The number of carbonyl (C=O) groups is 3. The lowest BCUT2D eigenvalue weighted by Crippen LogP contribution is -2.54. The zero-order valence-electron chi connectivity index (χ0n) is 24.1. The number of para-hydroxylation sites is 1. The van der Waals surface area contributed by atoms with Crippen LogP contribution >= 0.6 is 23.8 Å². The molecule has 2 heterocycles. The van der Waals surface area contributed by atoms with E-state index in [1.165, 1.54) is 4.90 Å². The first-order chi connectivity index (χ1) is 21.9. The van der Waals surface area contributed by atoms with Crippen LogP contribution in [0.25, 0.3) is 34.3 Å². The van der Waals surface area contributed by atoms with Crippen molar-refractivity contribution in [1.29, 1.82) is 0 Å². The number of benzene rings is 4. The third kappa shape index (κ3) is 5.81. The van der Waals surface area contributed by atoms with Crippen molar-refractivity contribution in [3.05, 3.63) is 137 Å². The molecular formula is C36H26ClN3O4S. The van der Waals surface area contributed by atoms with Crippen molar-refractivity contribution >= 4 is 58.5 Å². The minimum Gasteiger partial charge on any atom is -0.462 e. The number of nitrogens with one attached hydrogen (secondary N) is 1. The minimum absolute atomic E-state index is 0.0530. The van der Waals surface area contributed by atoms with E-state index < -0.39 is 17.8 Å². The lowest BCUT2D eigenvalue weighted by molar-refractivity contribution is -0.122. The molecule has 1 N–H and O–H groups in total. The fraction of sp³-hybridized carbons (Fsp3) is 0.0556. The third-order valence-electron chi connectivity index (χ3n) is 7.28. The summed E-state index contributed by atoms with van der Waals surface area (Å²) in [5.41, 5.74) is 5.40. The van der Waals surface area contributed by atoms with Crippen LogP contribution in [-0.2, 0) is 14.3 Å². The first-order valence-corrected chi connectivity index (χ1v) is 15.0. The van der Waals surface area contributed by atoms with E-state index in [4.69, 9.17) is 28.6 Å². The lowest BCUT2D eigenvalue weighted by atomic mass is 10.0. The number of hydrogen-bond donors (Lipinski definition) is 1. The zero-order chi connectivity index (χ0) is 31.5. The van der Waals surface area contributed by atoms with Gasteiger partial charge in [0.2, 0.25) is 0 Å². The van der Waals surface area contributed by atoms with Crippen LogP contribution < -0.4 is 10.2 Å². The second-order valence-electron chi connectivity index (χ2n) is 10.1. The van der Waals surface area contributed by atoms with Crippen molar-refractivity contribution in [3.63, 3.8) is 0 Å². The SMILES string of the molecule is CCOC(=O)c1ccc(-n2c(-c3ccccc3)cc(/C=C3/C(=O)NC(=S)N(c4ccccc4Cl)C3=O)c2-c2ccccc2)cc1. The number of hydrogen-bond acceptors (Lipinski definition) is 5. The maximum absolute atomic E-state index is 13.9. The van der Waals surface area contributed by atoms with Gasteiger partial charge in [-0.1, -0.05) is 84.4 Å². The smallest absolute Gasteiger partial charge is 0.338 e. The van der Waals surface area contributed by atoms with Crippen LogP contribution in [0.4, 0.5) is 5.69 Å². The molecule has 6 rings (SSSR count). The van der Waals surface area contributed by atoms with E-state index in [0.29, 0.717) is 21.8 Å². The Balaban J connectivity index is 1.58. The predicted molar refractivity (Wildman–Crippen MR) is 180 cm³/mol. The molecule has 0 atom stereocenters. The number of ether oxygens (including phenoxy) is 1. The Bertz CT molecular complexity index is 1970. The van der Waals surface area contributed by atoms with Gasteiger partial charge in [-0.25, -0.2) is 4.79 Å². The minimum atomic E-state index is -0.611. The van der Waals surface area contributed by atoms with Crippen molar-refractivity contribution in [3.8, 4) is 28.2 Å². The summed E-state index contributed by atoms with van der Waals surface area (Å²) in [4.78, 5) is 40.9. The first-order valence-electron chi connectivity index (χ1n) is 14.2. The molecule has 222 valence electrons. The molecule has 4 aromatic carbocycles. The number of halogens is 1. The Labute approximate surface area is 270 Å². The number of esters is 1. The zero-order valence-corrected chi connectivity index (χ0v) is 25.6. The van der Waals surface area contributed by atoms with Gasteiger partial charge in [0.1, 0.15) is 5.57 Å². The van der Waals surface area contributed by atoms with Gasteiger partial charge >= 0.3 is 5.97 Å². The van der Waals surface area contributed by atoms with Gasteiger partial charge in [0.05, 0.1) is 34.3 Å². The molecule has 1 aliphatic heterocycles. The number of anilines is 1. The molecular weight excluding hydrogens is 606 g/mol. The fourth-order valence-corrected chi connectivity index (χ4v) is 5.74. The van der Waals surface area contributed by atoms with Crippen LogP contribution in [0, 0.1) is 0 Å². The topological polar surface area (TPSA) is 80.6 Å². The Hall–Kier alpha value is -5.31. The molecule has 45 heavy (non-hydrogen) atoms. The first kappa shape index (κ1) is 29.7.